The van der Waals surface area contributed by atoms with Crippen molar-refractivity contribution < 1.29 is 4.74 Å². The molecule has 0 saturated heterocycles. The molecule has 1 aromatic rings. The molecule has 0 aliphatic rings. The zero-order chi connectivity index (χ0) is 11.1. The van der Waals surface area contributed by atoms with Crippen molar-refractivity contribution in [3.63, 3.8) is 0 Å². The molecule has 1 atom stereocenters. The normalized spacial score (nSPS) is 12.5. The van der Waals surface area contributed by atoms with Crippen LogP contribution >= 0.6 is 15.9 Å². The quantitative estimate of drug-likeness (QED) is 0.803. The van der Waals surface area contributed by atoms with Gasteiger partial charge in [-0.1, -0.05) is 22.0 Å². The van der Waals surface area contributed by atoms with Crippen LogP contribution in [0, 0.1) is 0 Å². The average Bonchev–Trinajstić information content (AvgIpc) is 2.18. The van der Waals surface area contributed by atoms with Crippen molar-refractivity contribution in [3.8, 4) is 5.75 Å². The summed E-state index contributed by atoms with van der Waals surface area (Å²) in [5.41, 5.74) is 0. The van der Waals surface area contributed by atoms with E-state index < -0.39 is 0 Å². The second-order valence-electron chi connectivity index (χ2n) is 3.63. The third-order valence-corrected chi connectivity index (χ3v) is 2.66. The zero-order valence-corrected chi connectivity index (χ0v) is 10.9. The van der Waals surface area contributed by atoms with E-state index in [4.69, 9.17) is 4.74 Å². The smallest absolute Gasteiger partial charge is 0.120 e. The SMILES string of the molecule is CNCCCC(C)Oc1cccc(Br)c1. The van der Waals surface area contributed by atoms with E-state index in [1.165, 1.54) is 0 Å². The third-order valence-electron chi connectivity index (χ3n) is 2.17. The highest BCUT2D eigenvalue weighted by atomic mass is 79.9. The highest BCUT2D eigenvalue weighted by molar-refractivity contribution is 9.10. The standard InChI is InChI=1S/C12H18BrNO/c1-10(5-4-8-14-2)15-12-7-3-6-11(13)9-12/h3,6-7,9-10,14H,4-5,8H2,1-2H3. The molecule has 0 fully saturated rings. The van der Waals surface area contributed by atoms with E-state index in [1.807, 2.05) is 31.3 Å². The second-order valence-corrected chi connectivity index (χ2v) is 4.55. The van der Waals surface area contributed by atoms with E-state index >= 15 is 0 Å². The predicted molar refractivity (Wildman–Crippen MR) is 67.4 cm³/mol. The van der Waals surface area contributed by atoms with Gasteiger partial charge in [0.2, 0.25) is 0 Å². The number of halogens is 1. The Balaban J connectivity index is 2.34. The Morgan fingerprint density at radius 3 is 2.93 bits per heavy atom. The lowest BCUT2D eigenvalue weighted by atomic mass is 10.2. The molecule has 3 heteroatoms. The fraction of sp³-hybridized carbons (Fsp3) is 0.500. The van der Waals surface area contributed by atoms with Crippen molar-refractivity contribution in [2.24, 2.45) is 0 Å². The molecular weight excluding hydrogens is 254 g/mol. The predicted octanol–water partition coefficient (Wildman–Crippen LogP) is 3.22. The maximum Gasteiger partial charge on any atom is 0.120 e. The first kappa shape index (κ1) is 12.5. The summed E-state index contributed by atoms with van der Waals surface area (Å²) < 4.78 is 6.84. The lowest BCUT2D eigenvalue weighted by Crippen LogP contribution is -2.15. The topological polar surface area (TPSA) is 21.3 Å². The van der Waals surface area contributed by atoms with Crippen LogP contribution in [0.4, 0.5) is 0 Å². The Bertz CT molecular complexity index is 291. The minimum atomic E-state index is 0.271. The van der Waals surface area contributed by atoms with Gasteiger partial charge >= 0.3 is 0 Å². The van der Waals surface area contributed by atoms with Crippen molar-refractivity contribution in [1.29, 1.82) is 0 Å². The molecular formula is C12H18BrNO. The van der Waals surface area contributed by atoms with Gasteiger partial charge in [-0.2, -0.15) is 0 Å². The molecule has 0 bridgehead atoms. The van der Waals surface area contributed by atoms with Crippen LogP contribution in [0.2, 0.25) is 0 Å². The molecule has 0 aromatic heterocycles. The van der Waals surface area contributed by atoms with E-state index in [-0.39, 0.29) is 6.10 Å². The molecule has 2 nitrogen and oxygen atoms in total. The highest BCUT2D eigenvalue weighted by Crippen LogP contribution is 2.19. The van der Waals surface area contributed by atoms with Crippen molar-refractivity contribution in [2.75, 3.05) is 13.6 Å². The van der Waals surface area contributed by atoms with Crippen LogP contribution in [-0.4, -0.2) is 19.7 Å². The summed E-state index contributed by atoms with van der Waals surface area (Å²) in [7, 11) is 1.97. The summed E-state index contributed by atoms with van der Waals surface area (Å²) in [6.07, 6.45) is 2.49. The largest absolute Gasteiger partial charge is 0.491 e. The summed E-state index contributed by atoms with van der Waals surface area (Å²) >= 11 is 3.43. The van der Waals surface area contributed by atoms with Gasteiger partial charge in [0.05, 0.1) is 6.10 Å². The number of rotatable bonds is 6. The number of benzene rings is 1. The van der Waals surface area contributed by atoms with Gasteiger partial charge < -0.3 is 10.1 Å². The van der Waals surface area contributed by atoms with Crippen LogP contribution in [0.25, 0.3) is 0 Å². The maximum absolute atomic E-state index is 5.78. The Kier molecular flexibility index (Phi) is 5.73. The molecule has 0 heterocycles. The summed E-state index contributed by atoms with van der Waals surface area (Å²) in [6.45, 7) is 3.16. The number of hydrogen-bond acceptors (Lipinski definition) is 2. The molecule has 1 N–H and O–H groups in total. The summed E-state index contributed by atoms with van der Waals surface area (Å²) in [5, 5.41) is 3.13. The monoisotopic (exact) mass is 271 g/mol. The molecule has 1 unspecified atom stereocenters. The molecule has 84 valence electrons. The molecule has 0 spiro atoms. The number of hydrogen-bond donors (Lipinski definition) is 1. The molecule has 0 aliphatic carbocycles. The molecule has 0 amide bonds. The summed E-state index contributed by atoms with van der Waals surface area (Å²) in [4.78, 5) is 0. The Morgan fingerprint density at radius 1 is 1.47 bits per heavy atom. The molecule has 0 saturated carbocycles. The number of ether oxygens (including phenoxy) is 1. The Hall–Kier alpha value is -0.540. The Morgan fingerprint density at radius 2 is 2.27 bits per heavy atom. The van der Waals surface area contributed by atoms with E-state index in [1.54, 1.807) is 0 Å². The van der Waals surface area contributed by atoms with Gasteiger partial charge in [-0.15, -0.1) is 0 Å². The van der Waals surface area contributed by atoms with Gasteiger partial charge in [0.25, 0.3) is 0 Å². The minimum absolute atomic E-state index is 0.271. The molecule has 0 radical (unpaired) electrons. The first-order valence-electron chi connectivity index (χ1n) is 5.29. The van der Waals surface area contributed by atoms with Gasteiger partial charge in [0, 0.05) is 4.47 Å². The molecule has 0 aliphatic heterocycles. The molecule has 15 heavy (non-hydrogen) atoms. The Labute approximate surface area is 100 Å². The highest BCUT2D eigenvalue weighted by Gasteiger charge is 2.03. The van der Waals surface area contributed by atoms with E-state index in [9.17, 15) is 0 Å². The van der Waals surface area contributed by atoms with Gasteiger partial charge in [-0.3, -0.25) is 0 Å². The fourth-order valence-corrected chi connectivity index (χ4v) is 1.78. The van der Waals surface area contributed by atoms with Gasteiger partial charge in [-0.05, 0) is 51.6 Å². The van der Waals surface area contributed by atoms with Crippen LogP contribution in [0.5, 0.6) is 5.75 Å². The van der Waals surface area contributed by atoms with E-state index in [0.717, 1.165) is 29.6 Å². The van der Waals surface area contributed by atoms with E-state index in [0.29, 0.717) is 0 Å². The lowest BCUT2D eigenvalue weighted by molar-refractivity contribution is 0.207. The van der Waals surface area contributed by atoms with Crippen LogP contribution in [-0.2, 0) is 0 Å². The van der Waals surface area contributed by atoms with Crippen LogP contribution in [0.1, 0.15) is 19.8 Å². The van der Waals surface area contributed by atoms with Crippen molar-refractivity contribution in [3.05, 3.63) is 28.7 Å². The van der Waals surface area contributed by atoms with Crippen LogP contribution in [0.15, 0.2) is 28.7 Å². The van der Waals surface area contributed by atoms with Crippen molar-refractivity contribution >= 4 is 15.9 Å². The summed E-state index contributed by atoms with van der Waals surface area (Å²) in [6, 6.07) is 7.96. The van der Waals surface area contributed by atoms with E-state index in [2.05, 4.69) is 28.2 Å². The van der Waals surface area contributed by atoms with Gasteiger partial charge in [0.1, 0.15) is 5.75 Å². The average molecular weight is 272 g/mol. The first-order chi connectivity index (χ1) is 7.22. The lowest BCUT2D eigenvalue weighted by Gasteiger charge is -2.14. The molecule has 1 rings (SSSR count). The fourth-order valence-electron chi connectivity index (χ4n) is 1.40. The van der Waals surface area contributed by atoms with Crippen LogP contribution < -0.4 is 10.1 Å². The van der Waals surface area contributed by atoms with Crippen LogP contribution in [0.3, 0.4) is 0 Å². The maximum atomic E-state index is 5.78. The van der Waals surface area contributed by atoms with Gasteiger partial charge in [0.15, 0.2) is 0 Å². The second kappa shape index (κ2) is 6.85. The zero-order valence-electron chi connectivity index (χ0n) is 9.29. The number of nitrogens with one attached hydrogen (secondary N) is 1. The minimum Gasteiger partial charge on any atom is -0.491 e. The third kappa shape index (κ3) is 5.19. The molecule has 1 aromatic carbocycles. The van der Waals surface area contributed by atoms with Gasteiger partial charge in [-0.25, -0.2) is 0 Å². The van der Waals surface area contributed by atoms with Crippen molar-refractivity contribution in [1.82, 2.24) is 5.32 Å². The first-order valence-corrected chi connectivity index (χ1v) is 6.08. The van der Waals surface area contributed by atoms with Crippen molar-refractivity contribution in [2.45, 2.75) is 25.9 Å². The summed E-state index contributed by atoms with van der Waals surface area (Å²) in [5.74, 6) is 0.932.